The molecule has 24 heavy (non-hydrogen) atoms. The second kappa shape index (κ2) is 6.06. The fraction of sp³-hybridized carbons (Fsp3) is 0.421. The highest BCUT2D eigenvalue weighted by Crippen LogP contribution is 2.31. The predicted molar refractivity (Wildman–Crippen MR) is 88.1 cm³/mol. The third kappa shape index (κ3) is 2.96. The molecule has 4 rings (SSSR count). The topological polar surface area (TPSA) is 36.7 Å². The summed E-state index contributed by atoms with van der Waals surface area (Å²) in [6.45, 7) is 5.17. The van der Waals surface area contributed by atoms with Crippen LogP contribution in [0.1, 0.15) is 28.3 Å². The van der Waals surface area contributed by atoms with Crippen molar-refractivity contribution >= 4 is 5.91 Å². The zero-order valence-electron chi connectivity index (χ0n) is 13.7. The monoisotopic (exact) mass is 328 g/mol. The maximum Gasteiger partial charge on any atom is 0.254 e. The van der Waals surface area contributed by atoms with Gasteiger partial charge in [0.25, 0.3) is 5.91 Å². The average Bonchev–Trinajstić information content (AvgIpc) is 3.09. The maximum atomic E-state index is 13.4. The minimum absolute atomic E-state index is 0.0695. The second-order valence-corrected chi connectivity index (χ2v) is 6.92. The molecular weight excluding hydrogens is 307 g/mol. The van der Waals surface area contributed by atoms with Crippen LogP contribution in [0, 0.1) is 18.7 Å². The molecule has 2 atom stereocenters. The second-order valence-electron chi connectivity index (χ2n) is 6.92. The van der Waals surface area contributed by atoms with Crippen LogP contribution in [0.5, 0.6) is 0 Å². The van der Waals surface area contributed by atoms with E-state index in [-0.39, 0.29) is 11.7 Å². The van der Waals surface area contributed by atoms with Crippen molar-refractivity contribution in [3.05, 3.63) is 59.3 Å². The molecule has 2 saturated heterocycles. The van der Waals surface area contributed by atoms with Gasteiger partial charge in [-0.25, -0.2) is 4.39 Å². The summed E-state index contributed by atoms with van der Waals surface area (Å²) in [5.74, 6) is 1.95. The van der Waals surface area contributed by atoms with Crippen LogP contribution >= 0.6 is 0 Å². The number of furan rings is 1. The van der Waals surface area contributed by atoms with Crippen LogP contribution in [0.3, 0.4) is 0 Å². The molecular formula is C19H21FN2O2. The van der Waals surface area contributed by atoms with Gasteiger partial charge < -0.3 is 9.32 Å². The Kier molecular flexibility index (Phi) is 3.88. The Morgan fingerprint density at radius 3 is 2.88 bits per heavy atom. The number of nitrogens with zero attached hydrogens (tertiary/aromatic N) is 2. The lowest BCUT2D eigenvalue weighted by atomic mass is 9.99. The first-order chi connectivity index (χ1) is 11.6. The first kappa shape index (κ1) is 15.4. The molecule has 0 spiro atoms. The van der Waals surface area contributed by atoms with Gasteiger partial charge in [-0.2, -0.15) is 0 Å². The van der Waals surface area contributed by atoms with E-state index in [1.165, 1.54) is 12.1 Å². The SMILES string of the molecule is Cc1ccc(CN2C[C@H]3C[C@H]2CN(C(=O)c2cccc(F)c2)C3)o1. The molecule has 2 aliphatic heterocycles. The van der Waals surface area contributed by atoms with Crippen molar-refractivity contribution in [1.82, 2.24) is 9.80 Å². The van der Waals surface area contributed by atoms with Crippen molar-refractivity contribution in [3.8, 4) is 0 Å². The van der Waals surface area contributed by atoms with E-state index in [4.69, 9.17) is 4.42 Å². The Labute approximate surface area is 140 Å². The zero-order valence-corrected chi connectivity index (χ0v) is 13.7. The molecule has 0 radical (unpaired) electrons. The molecule has 2 aromatic rings. The highest BCUT2D eigenvalue weighted by atomic mass is 19.1. The zero-order chi connectivity index (χ0) is 16.7. The minimum Gasteiger partial charge on any atom is -0.465 e. The van der Waals surface area contributed by atoms with E-state index in [0.29, 0.717) is 24.1 Å². The summed E-state index contributed by atoms with van der Waals surface area (Å²) in [6.07, 6.45) is 1.12. The van der Waals surface area contributed by atoms with Crippen LogP contribution < -0.4 is 0 Å². The van der Waals surface area contributed by atoms with Gasteiger partial charge in [0.15, 0.2) is 0 Å². The molecule has 0 N–H and O–H groups in total. The fourth-order valence-electron chi connectivity index (χ4n) is 3.99. The summed E-state index contributed by atoms with van der Waals surface area (Å²) in [5, 5.41) is 0. The molecule has 4 nitrogen and oxygen atoms in total. The third-order valence-electron chi connectivity index (χ3n) is 5.04. The van der Waals surface area contributed by atoms with Gasteiger partial charge in [-0.05, 0) is 49.6 Å². The standard InChI is InChI=1S/C19H21FN2O2/c1-13-5-6-18(24-13)12-21-9-14-7-17(21)11-22(10-14)19(23)15-3-2-4-16(20)8-15/h2-6,8,14,17H,7,9-12H2,1H3/t14-,17+/m1/s1. The van der Waals surface area contributed by atoms with Crippen LogP contribution in [0.15, 0.2) is 40.8 Å². The highest BCUT2D eigenvalue weighted by molar-refractivity contribution is 5.94. The summed E-state index contributed by atoms with van der Waals surface area (Å²) in [6, 6.07) is 10.3. The Bertz CT molecular complexity index is 757. The first-order valence-electron chi connectivity index (χ1n) is 8.42. The Morgan fingerprint density at radius 2 is 2.12 bits per heavy atom. The van der Waals surface area contributed by atoms with Crippen LogP contribution in [-0.2, 0) is 6.54 Å². The van der Waals surface area contributed by atoms with Gasteiger partial charge >= 0.3 is 0 Å². The Morgan fingerprint density at radius 1 is 1.25 bits per heavy atom. The van der Waals surface area contributed by atoms with Gasteiger partial charge in [0.1, 0.15) is 17.3 Å². The van der Waals surface area contributed by atoms with Crippen LogP contribution in [0.25, 0.3) is 0 Å². The van der Waals surface area contributed by atoms with Gasteiger partial charge in [-0.3, -0.25) is 9.69 Å². The summed E-state index contributed by atoms with van der Waals surface area (Å²) in [5.41, 5.74) is 0.435. The minimum atomic E-state index is -0.365. The van der Waals surface area contributed by atoms with Crippen LogP contribution in [-0.4, -0.2) is 41.4 Å². The number of hydrogen-bond donors (Lipinski definition) is 0. The molecule has 2 fully saturated rings. The molecule has 3 heterocycles. The van der Waals surface area contributed by atoms with E-state index in [2.05, 4.69) is 4.90 Å². The number of carbonyl (C=O) groups excluding carboxylic acids is 1. The number of hydrogen-bond acceptors (Lipinski definition) is 3. The fourth-order valence-corrected chi connectivity index (χ4v) is 3.99. The Hall–Kier alpha value is -2.14. The molecule has 126 valence electrons. The van der Waals surface area contributed by atoms with E-state index in [0.717, 1.165) is 37.6 Å². The number of rotatable bonds is 3. The lowest BCUT2D eigenvalue weighted by molar-refractivity contribution is 0.0665. The summed E-state index contributed by atoms with van der Waals surface area (Å²) in [7, 11) is 0. The van der Waals surface area contributed by atoms with Crippen molar-refractivity contribution in [2.75, 3.05) is 19.6 Å². The smallest absolute Gasteiger partial charge is 0.254 e. The quantitative estimate of drug-likeness (QED) is 0.869. The highest BCUT2D eigenvalue weighted by Gasteiger charge is 2.40. The van der Waals surface area contributed by atoms with Crippen molar-refractivity contribution < 1.29 is 13.6 Å². The largest absolute Gasteiger partial charge is 0.465 e. The van der Waals surface area contributed by atoms with E-state index in [9.17, 15) is 9.18 Å². The Balaban J connectivity index is 1.45. The van der Waals surface area contributed by atoms with Gasteiger partial charge in [0, 0.05) is 31.2 Å². The number of halogens is 1. The molecule has 0 unspecified atom stereocenters. The summed E-state index contributed by atoms with van der Waals surface area (Å²) >= 11 is 0. The lowest BCUT2D eigenvalue weighted by Crippen LogP contribution is -2.45. The third-order valence-corrected chi connectivity index (χ3v) is 5.04. The molecule has 1 aromatic carbocycles. The normalized spacial score (nSPS) is 23.7. The number of aryl methyl sites for hydroxylation is 1. The van der Waals surface area contributed by atoms with Crippen molar-refractivity contribution in [2.45, 2.75) is 25.9 Å². The molecule has 0 saturated carbocycles. The maximum absolute atomic E-state index is 13.4. The van der Waals surface area contributed by atoms with Gasteiger partial charge in [0.05, 0.1) is 6.54 Å². The number of likely N-dealkylation sites (tertiary alicyclic amines) is 2. The molecule has 2 bridgehead atoms. The van der Waals surface area contributed by atoms with Crippen molar-refractivity contribution in [2.24, 2.45) is 5.92 Å². The first-order valence-corrected chi connectivity index (χ1v) is 8.42. The van der Waals surface area contributed by atoms with E-state index in [1.54, 1.807) is 12.1 Å². The summed E-state index contributed by atoms with van der Waals surface area (Å²) in [4.78, 5) is 16.9. The average molecular weight is 328 g/mol. The van der Waals surface area contributed by atoms with Gasteiger partial charge in [-0.1, -0.05) is 6.07 Å². The molecule has 1 amide bonds. The number of amides is 1. The molecule has 0 aliphatic carbocycles. The van der Waals surface area contributed by atoms with Gasteiger partial charge in [0.2, 0.25) is 0 Å². The molecule has 2 aliphatic rings. The lowest BCUT2D eigenvalue weighted by Gasteiger charge is -2.33. The number of benzene rings is 1. The van der Waals surface area contributed by atoms with Crippen molar-refractivity contribution in [3.63, 3.8) is 0 Å². The summed E-state index contributed by atoms with van der Waals surface area (Å²) < 4.78 is 19.1. The van der Waals surface area contributed by atoms with Crippen molar-refractivity contribution in [1.29, 1.82) is 0 Å². The predicted octanol–water partition coefficient (Wildman–Crippen LogP) is 3.07. The molecule has 1 aromatic heterocycles. The number of fused-ring (bicyclic) bond motifs is 2. The number of carbonyl (C=O) groups is 1. The van der Waals surface area contributed by atoms with E-state index in [1.807, 2.05) is 24.0 Å². The van der Waals surface area contributed by atoms with Crippen LogP contribution in [0.2, 0.25) is 0 Å². The van der Waals surface area contributed by atoms with Gasteiger partial charge in [-0.15, -0.1) is 0 Å². The van der Waals surface area contributed by atoms with E-state index < -0.39 is 0 Å². The van der Waals surface area contributed by atoms with E-state index >= 15 is 0 Å². The van der Waals surface area contributed by atoms with Crippen LogP contribution in [0.4, 0.5) is 4.39 Å². The number of piperidine rings is 1. The molecule has 5 heteroatoms.